The normalized spacial score (nSPS) is 10.9. The smallest absolute Gasteiger partial charge is 0.233 e. The number of phenolic OH excluding ortho intramolecular Hbond substituents is 5. The summed E-state index contributed by atoms with van der Waals surface area (Å²) in [4.78, 5) is 32.6. The number of Topliss-reactive ketones (excluding diaryl/α,β-unsaturated/α-hetero) is 1. The number of phenols is 5. The number of sulfone groups is 1. The van der Waals surface area contributed by atoms with Gasteiger partial charge in [-0.1, -0.05) is 170 Å². The molecule has 664 valence electrons. The highest BCUT2D eigenvalue weighted by Gasteiger charge is 2.16. The van der Waals surface area contributed by atoms with Crippen LogP contribution in [-0.4, -0.2) is 115 Å². The van der Waals surface area contributed by atoms with Crippen molar-refractivity contribution in [1.82, 2.24) is 39.1 Å². The first-order chi connectivity index (χ1) is 62.0. The van der Waals surface area contributed by atoms with Crippen LogP contribution < -0.4 is 23.6 Å². The number of hydrogen-bond donors (Lipinski definition) is 8. The zero-order valence-electron chi connectivity index (χ0n) is 70.4. The van der Waals surface area contributed by atoms with Crippen molar-refractivity contribution in [3.8, 4) is 112 Å². The molecule has 0 amide bonds. The summed E-state index contributed by atoms with van der Waals surface area (Å²) < 4.78 is 114. The molecule has 0 fully saturated rings. The highest BCUT2D eigenvalue weighted by atomic mass is 35.5. The third-order valence-corrected chi connectivity index (χ3v) is 27.1. The molecule has 14 aromatic rings. The van der Waals surface area contributed by atoms with Crippen LogP contribution in [-0.2, 0) is 83.5 Å². The first-order valence-corrected chi connectivity index (χ1v) is 49.7. The number of nitrogens with one attached hydrogen (secondary N) is 3. The number of thiazole rings is 5. The maximum atomic E-state index is 11.5. The molecule has 24 nitrogen and oxygen atoms in total. The molecule has 0 aliphatic heterocycles. The van der Waals surface area contributed by atoms with E-state index >= 15 is 0 Å². The first kappa shape index (κ1) is 99.2. The van der Waals surface area contributed by atoms with E-state index in [9.17, 15) is 64.0 Å². The van der Waals surface area contributed by atoms with Crippen LogP contribution in [0.4, 0.5) is 0 Å². The molecule has 0 spiro atoms. The molecule has 34 heteroatoms. The molecule has 8 N–H and O–H groups in total. The molecule has 5 heterocycles. The Morgan fingerprint density at radius 3 is 1.18 bits per heavy atom. The van der Waals surface area contributed by atoms with Gasteiger partial charge in [-0.15, -0.1) is 63.1 Å². The van der Waals surface area contributed by atoms with E-state index in [0.29, 0.717) is 98.5 Å². The largest absolute Gasteiger partial charge is 0.506 e. The molecule has 0 saturated heterocycles. The number of fused-ring (bicyclic) bond motifs is 5. The number of rotatable bonds is 24. The van der Waals surface area contributed by atoms with Gasteiger partial charge in [0.1, 0.15) is 81.0 Å². The maximum Gasteiger partial charge on any atom is 0.233 e. The number of sulfonamides is 3. The lowest BCUT2D eigenvalue weighted by Crippen LogP contribution is -2.20. The van der Waals surface area contributed by atoms with E-state index in [2.05, 4.69) is 131 Å². The van der Waals surface area contributed by atoms with Crippen LogP contribution >= 0.6 is 68.3 Å². The lowest BCUT2D eigenvalue weighted by atomic mass is 10.0. The number of nitrogens with zero attached hydrogens (tertiary/aromatic N) is 5. The lowest BCUT2D eigenvalue weighted by molar-refractivity contribution is -0.113. The average Bonchev–Trinajstić information content (AvgIpc) is 1.69. The molecule has 0 aliphatic rings. The van der Waals surface area contributed by atoms with Gasteiger partial charge in [-0.2, -0.15) is 4.72 Å². The molecule has 14 rings (SSSR count). The van der Waals surface area contributed by atoms with Crippen LogP contribution in [0.3, 0.4) is 0 Å². The first-order valence-electron chi connectivity index (χ1n) is 38.9. The SMILES string of the molecule is C#CC(=O)CCc1cccc(CC#Cc2cc(O)c3nc(C)sc3c2)c1.C=CS(=O)(=O)CCc1cccc(CC#Cc2cc(O)c3nc(C)sc3c2)c1.C=CS(=O)(=O)NCC#Cc1cc(O)c2nc(C)sc2c1.C=CS(=O)(=O)NCc1cccc(OCC#Cc2cc(O)c3nc(C)sc3c2)c1.C=CS(=O)(=O)NCc1cccc(OCC#Cc2cc(O)c3nc(C)sc3c2)c1Cl. The maximum absolute atomic E-state index is 11.5. The fourth-order valence-corrected chi connectivity index (χ4v) is 18.5. The standard InChI is InChI=1S/C22H17NO2S.C21H19NO3S2.C20H17ClN2O4S2.C20H18N2O4S2.C13H12N2O3S2/c1-3-19(24)11-10-17-8-4-6-16(12-17)7-5-9-18-13-20(25)22-21(14-18)26-15(2)23-22;1-3-27(24,25)11-10-17-8-4-6-16(12-17)7-5-9-18-13-19(23)21-20(14-18)26-15(2)22-21;1-3-29(25,26)22-12-15-7-4-8-17(19(15)21)27-9-5-6-14-10-16(24)20-18(11-14)28-13(2)23-20;1-3-28(24,25)21-13-16-6-4-8-17(10-16)26-9-5-7-15-11-18(23)20-19(12-15)27-14(2)22-20;1-3-20(17,18)14-6-4-5-10-7-11(16)13-12(8-10)19-9(2)15-13/h1,4,6,8,12-14,25H,7,10-11H2,2H3;3-4,6,8,12-14,23H,1,7,10-11H2,2H3;3-4,7-8,10-11,22,24H,1,9,12H2,2H3;3-4,6,8,10-12,21,23H,1,9,13H2,2H3;3,7-8,14,16H,1,6H2,2H3. The van der Waals surface area contributed by atoms with Gasteiger partial charge >= 0.3 is 0 Å². The summed E-state index contributed by atoms with van der Waals surface area (Å²) in [5, 5.41) is 58.4. The Bertz CT molecular complexity index is 7560. The van der Waals surface area contributed by atoms with E-state index in [1.54, 1.807) is 78.1 Å². The molecule has 0 unspecified atom stereocenters. The average molecular weight is 1930 g/mol. The fourth-order valence-electron chi connectivity index (χ4n) is 11.8. The minimum atomic E-state index is -3.55. The number of halogens is 1. The third-order valence-electron chi connectivity index (χ3n) is 17.9. The van der Waals surface area contributed by atoms with Crippen LogP contribution in [0.25, 0.3) is 51.1 Å². The Balaban J connectivity index is 0.000000170. The highest BCUT2D eigenvalue weighted by Crippen LogP contribution is 2.36. The van der Waals surface area contributed by atoms with Gasteiger partial charge in [0.05, 0.1) is 65.9 Å². The van der Waals surface area contributed by atoms with Crippen LogP contribution in [0.5, 0.6) is 40.2 Å². The number of carbonyl (C=O) groups is 1. The van der Waals surface area contributed by atoms with Gasteiger partial charge in [-0.25, -0.2) is 68.0 Å². The van der Waals surface area contributed by atoms with Crippen LogP contribution in [0, 0.1) is 106 Å². The number of benzene rings is 9. The summed E-state index contributed by atoms with van der Waals surface area (Å²) in [6, 6.07) is 45.3. The molecular weight excluding hydrogens is 1850 g/mol. The van der Waals surface area contributed by atoms with Gasteiger partial charge in [-0.05, 0) is 166 Å². The van der Waals surface area contributed by atoms with E-state index in [0.717, 1.165) is 109 Å². The number of hydrogen-bond acceptors (Lipinski definition) is 26. The number of terminal acetylenes is 1. The van der Waals surface area contributed by atoms with Gasteiger partial charge in [0, 0.05) is 81.8 Å². The molecule has 0 bridgehead atoms. The van der Waals surface area contributed by atoms with Gasteiger partial charge < -0.3 is 35.0 Å². The molecule has 130 heavy (non-hydrogen) atoms. The van der Waals surface area contributed by atoms with Crippen molar-refractivity contribution >= 4 is 165 Å². The Morgan fingerprint density at radius 2 is 0.777 bits per heavy atom. The van der Waals surface area contributed by atoms with E-state index in [4.69, 9.17) is 27.5 Å². The second-order valence-corrected chi connectivity index (χ2v) is 41.5. The lowest BCUT2D eigenvalue weighted by Gasteiger charge is -2.10. The van der Waals surface area contributed by atoms with Gasteiger partial charge in [-0.3, -0.25) is 4.79 Å². The van der Waals surface area contributed by atoms with Crippen molar-refractivity contribution < 1.29 is 73.5 Å². The van der Waals surface area contributed by atoms with Gasteiger partial charge in [0.15, 0.2) is 9.84 Å². The Hall–Kier alpha value is -13.0. The number of ketones is 1. The summed E-state index contributed by atoms with van der Waals surface area (Å²) in [5.74, 6) is 33.2. The van der Waals surface area contributed by atoms with E-state index in [-0.39, 0.29) is 73.1 Å². The monoisotopic (exact) mass is 1930 g/mol. The minimum absolute atomic E-state index is 0.0175. The molecular formula is C96H83ClN8O16S9. The summed E-state index contributed by atoms with van der Waals surface area (Å²) in [6.45, 7) is 22.8. The summed E-state index contributed by atoms with van der Waals surface area (Å²) in [6.07, 6.45) is 7.68. The summed E-state index contributed by atoms with van der Waals surface area (Å²) in [7, 11) is -13.7. The van der Waals surface area contributed by atoms with Crippen LogP contribution in [0.15, 0.2) is 200 Å². The Labute approximate surface area is 779 Å². The molecule has 0 aliphatic carbocycles. The van der Waals surface area contributed by atoms with Crippen molar-refractivity contribution in [2.24, 2.45) is 0 Å². The van der Waals surface area contributed by atoms with Crippen molar-refractivity contribution in [2.75, 3.05) is 25.5 Å². The summed E-state index contributed by atoms with van der Waals surface area (Å²) in [5.41, 5.74) is 11.9. The second kappa shape index (κ2) is 46.3. The predicted octanol–water partition coefficient (Wildman–Crippen LogP) is 17.0. The van der Waals surface area contributed by atoms with E-state index < -0.39 is 39.9 Å². The zero-order chi connectivity index (χ0) is 93.9. The Kier molecular flexibility index (Phi) is 35.3. The second-order valence-electron chi connectivity index (χ2n) is 27.8. The summed E-state index contributed by atoms with van der Waals surface area (Å²) >= 11 is 13.8. The topological polar surface area (TPSA) is 374 Å². The number of aryl methyl sites for hydroxylation is 7. The molecule has 5 aromatic heterocycles. The van der Waals surface area contributed by atoms with E-state index in [1.165, 1.54) is 51.4 Å². The molecule has 0 saturated carbocycles. The zero-order valence-corrected chi connectivity index (χ0v) is 78.5. The fraction of sp³-hybridized carbons (Fsp3) is 0.167. The van der Waals surface area contributed by atoms with Crippen molar-refractivity contribution in [2.45, 2.75) is 79.8 Å². The molecule has 0 radical (unpaired) electrons. The minimum Gasteiger partial charge on any atom is -0.506 e. The highest BCUT2D eigenvalue weighted by molar-refractivity contribution is 7.94. The molecule has 0 atom stereocenters. The third kappa shape index (κ3) is 30.3. The van der Waals surface area contributed by atoms with Crippen molar-refractivity contribution in [3.05, 3.63) is 291 Å². The van der Waals surface area contributed by atoms with Crippen LogP contribution in [0.2, 0.25) is 5.02 Å². The number of aromatic hydroxyl groups is 5. The number of aromatic nitrogens is 5. The van der Waals surface area contributed by atoms with Gasteiger partial charge in [0.2, 0.25) is 35.9 Å². The van der Waals surface area contributed by atoms with Crippen molar-refractivity contribution in [3.63, 3.8) is 0 Å². The quantitative estimate of drug-likeness (QED) is 0.0206. The predicted molar refractivity (Wildman–Crippen MR) is 523 cm³/mol. The number of ether oxygens (including phenoxy) is 2. The van der Waals surface area contributed by atoms with E-state index in [1.807, 2.05) is 113 Å². The van der Waals surface area contributed by atoms with Crippen LogP contribution in [0.1, 0.15) is 92.7 Å². The van der Waals surface area contributed by atoms with Crippen molar-refractivity contribution in [1.29, 1.82) is 0 Å². The Morgan fingerprint density at radius 1 is 0.423 bits per heavy atom. The molecule has 9 aromatic carbocycles. The van der Waals surface area contributed by atoms with Gasteiger partial charge in [0.25, 0.3) is 0 Å². The number of carbonyl (C=O) groups excluding carboxylic acids is 1.